The fourth-order valence-electron chi connectivity index (χ4n) is 1.21. The minimum absolute atomic E-state index is 0.00848. The number of hydrogen-bond donors (Lipinski definition) is 3. The van der Waals surface area contributed by atoms with Crippen molar-refractivity contribution in [3.8, 4) is 0 Å². The molecule has 0 radical (unpaired) electrons. The van der Waals surface area contributed by atoms with Crippen LogP contribution < -0.4 is 17.2 Å². The molecule has 0 amide bonds. The van der Waals surface area contributed by atoms with Crippen LogP contribution in [0.5, 0.6) is 0 Å². The van der Waals surface area contributed by atoms with Gasteiger partial charge >= 0.3 is 5.97 Å². The zero-order valence-corrected chi connectivity index (χ0v) is 10.5. The average molecular weight is 231 g/mol. The lowest BCUT2D eigenvalue weighted by molar-refractivity contribution is -0.156. The molecular formula is C11H25N3O2. The molecule has 0 aromatic carbocycles. The SMILES string of the molecule is CC(C)(C)OC(=O)C(N)CCCC(N)CN. The Kier molecular flexibility index (Phi) is 6.55. The summed E-state index contributed by atoms with van der Waals surface area (Å²) in [7, 11) is 0. The quantitative estimate of drug-likeness (QED) is 0.563. The molecule has 0 aromatic heterocycles. The van der Waals surface area contributed by atoms with E-state index in [-0.39, 0.29) is 12.0 Å². The Bertz CT molecular complexity index is 214. The molecule has 0 aliphatic carbocycles. The van der Waals surface area contributed by atoms with Crippen molar-refractivity contribution in [2.24, 2.45) is 17.2 Å². The molecule has 0 heterocycles. The van der Waals surface area contributed by atoms with E-state index in [0.717, 1.165) is 12.8 Å². The zero-order chi connectivity index (χ0) is 12.8. The van der Waals surface area contributed by atoms with Crippen LogP contribution in [0.3, 0.4) is 0 Å². The predicted molar refractivity (Wildman–Crippen MR) is 64.7 cm³/mol. The number of carbonyl (C=O) groups is 1. The van der Waals surface area contributed by atoms with Gasteiger partial charge in [-0.1, -0.05) is 0 Å². The fourth-order valence-corrected chi connectivity index (χ4v) is 1.21. The summed E-state index contributed by atoms with van der Waals surface area (Å²) in [5.41, 5.74) is 16.3. The Hall–Kier alpha value is -0.650. The molecule has 5 heteroatoms. The number of hydrogen-bond acceptors (Lipinski definition) is 5. The minimum Gasteiger partial charge on any atom is -0.459 e. The van der Waals surface area contributed by atoms with Gasteiger partial charge in [-0.3, -0.25) is 4.79 Å². The van der Waals surface area contributed by atoms with E-state index in [1.54, 1.807) is 0 Å². The molecule has 5 nitrogen and oxygen atoms in total. The molecule has 96 valence electrons. The third kappa shape index (κ3) is 7.62. The van der Waals surface area contributed by atoms with Crippen LogP contribution in [0.2, 0.25) is 0 Å². The third-order valence-electron chi connectivity index (χ3n) is 2.10. The number of rotatable bonds is 6. The highest BCUT2D eigenvalue weighted by molar-refractivity contribution is 5.75. The first-order valence-electron chi connectivity index (χ1n) is 5.70. The lowest BCUT2D eigenvalue weighted by atomic mass is 10.1. The molecule has 2 atom stereocenters. The topological polar surface area (TPSA) is 104 Å². The monoisotopic (exact) mass is 231 g/mol. The van der Waals surface area contributed by atoms with Gasteiger partial charge < -0.3 is 21.9 Å². The van der Waals surface area contributed by atoms with Crippen molar-refractivity contribution in [1.29, 1.82) is 0 Å². The van der Waals surface area contributed by atoms with Crippen molar-refractivity contribution < 1.29 is 9.53 Å². The van der Waals surface area contributed by atoms with Gasteiger partial charge in [0.25, 0.3) is 0 Å². The van der Waals surface area contributed by atoms with E-state index >= 15 is 0 Å². The molecule has 0 fully saturated rings. The van der Waals surface area contributed by atoms with E-state index in [0.29, 0.717) is 13.0 Å². The first kappa shape index (κ1) is 15.3. The summed E-state index contributed by atoms with van der Waals surface area (Å²) < 4.78 is 5.16. The fraction of sp³-hybridized carbons (Fsp3) is 0.909. The van der Waals surface area contributed by atoms with Crippen molar-refractivity contribution >= 4 is 5.97 Å². The van der Waals surface area contributed by atoms with Crippen LogP contribution in [-0.2, 0) is 9.53 Å². The number of ether oxygens (including phenoxy) is 1. The molecule has 0 saturated carbocycles. The van der Waals surface area contributed by atoms with Crippen LogP contribution in [0.25, 0.3) is 0 Å². The Morgan fingerprint density at radius 3 is 2.25 bits per heavy atom. The Morgan fingerprint density at radius 2 is 1.81 bits per heavy atom. The highest BCUT2D eigenvalue weighted by atomic mass is 16.6. The highest BCUT2D eigenvalue weighted by Crippen LogP contribution is 2.10. The highest BCUT2D eigenvalue weighted by Gasteiger charge is 2.21. The van der Waals surface area contributed by atoms with Crippen LogP contribution in [0.15, 0.2) is 0 Å². The molecule has 0 aromatic rings. The first-order chi connectivity index (χ1) is 7.26. The summed E-state index contributed by atoms with van der Waals surface area (Å²) in [5, 5.41) is 0. The molecule has 6 N–H and O–H groups in total. The second kappa shape index (κ2) is 6.83. The molecule has 0 spiro atoms. The van der Waals surface area contributed by atoms with Crippen molar-refractivity contribution in [2.75, 3.05) is 6.54 Å². The van der Waals surface area contributed by atoms with Gasteiger partial charge in [0.15, 0.2) is 0 Å². The molecule has 0 saturated heterocycles. The van der Waals surface area contributed by atoms with E-state index in [2.05, 4.69) is 0 Å². The maximum absolute atomic E-state index is 11.5. The lowest BCUT2D eigenvalue weighted by Gasteiger charge is -2.22. The number of carbonyl (C=O) groups excluding carboxylic acids is 1. The maximum atomic E-state index is 11.5. The van der Waals surface area contributed by atoms with Crippen LogP contribution in [0, 0.1) is 0 Å². The van der Waals surface area contributed by atoms with Gasteiger partial charge in [-0.15, -0.1) is 0 Å². The van der Waals surface area contributed by atoms with Crippen molar-refractivity contribution in [3.63, 3.8) is 0 Å². The zero-order valence-electron chi connectivity index (χ0n) is 10.5. The Balaban J connectivity index is 3.80. The average Bonchev–Trinajstić information content (AvgIpc) is 2.14. The molecule has 0 rings (SSSR count). The summed E-state index contributed by atoms with van der Waals surface area (Å²) >= 11 is 0. The Labute approximate surface area is 97.7 Å². The summed E-state index contributed by atoms with van der Waals surface area (Å²) in [5.74, 6) is -0.353. The van der Waals surface area contributed by atoms with Gasteiger partial charge in [-0.2, -0.15) is 0 Å². The van der Waals surface area contributed by atoms with Crippen LogP contribution >= 0.6 is 0 Å². The predicted octanol–water partition coefficient (Wildman–Crippen LogP) is 0.112. The van der Waals surface area contributed by atoms with Gasteiger partial charge in [-0.05, 0) is 40.0 Å². The standard InChI is InChI=1S/C11H25N3O2/c1-11(2,3)16-10(15)9(14)6-4-5-8(13)7-12/h8-9H,4-7,12-14H2,1-3H3. The van der Waals surface area contributed by atoms with Crippen molar-refractivity contribution in [2.45, 2.75) is 57.7 Å². The molecule has 0 aliphatic rings. The minimum atomic E-state index is -0.566. The smallest absolute Gasteiger partial charge is 0.323 e. The number of nitrogens with two attached hydrogens (primary N) is 3. The van der Waals surface area contributed by atoms with Gasteiger partial charge in [0, 0.05) is 12.6 Å². The lowest BCUT2D eigenvalue weighted by Crippen LogP contribution is -2.37. The van der Waals surface area contributed by atoms with Gasteiger partial charge in [0.1, 0.15) is 11.6 Å². The van der Waals surface area contributed by atoms with Gasteiger partial charge in [0.05, 0.1) is 0 Å². The van der Waals surface area contributed by atoms with Crippen molar-refractivity contribution in [1.82, 2.24) is 0 Å². The molecular weight excluding hydrogens is 206 g/mol. The molecule has 0 bridgehead atoms. The van der Waals surface area contributed by atoms with Crippen LogP contribution in [-0.4, -0.2) is 30.2 Å². The summed E-state index contributed by atoms with van der Waals surface area (Å²) in [6, 6.07) is -0.574. The second-order valence-electron chi connectivity index (χ2n) is 5.07. The summed E-state index contributed by atoms with van der Waals surface area (Å²) in [4.78, 5) is 11.5. The largest absolute Gasteiger partial charge is 0.459 e. The second-order valence-corrected chi connectivity index (χ2v) is 5.07. The van der Waals surface area contributed by atoms with Crippen molar-refractivity contribution in [3.05, 3.63) is 0 Å². The molecule has 2 unspecified atom stereocenters. The van der Waals surface area contributed by atoms with E-state index in [1.807, 2.05) is 20.8 Å². The van der Waals surface area contributed by atoms with Crippen LogP contribution in [0.1, 0.15) is 40.0 Å². The van der Waals surface area contributed by atoms with E-state index < -0.39 is 11.6 Å². The Morgan fingerprint density at radius 1 is 1.25 bits per heavy atom. The van der Waals surface area contributed by atoms with Crippen LogP contribution in [0.4, 0.5) is 0 Å². The summed E-state index contributed by atoms with van der Waals surface area (Å²) in [6.07, 6.45) is 2.16. The van der Waals surface area contributed by atoms with E-state index in [1.165, 1.54) is 0 Å². The number of esters is 1. The van der Waals surface area contributed by atoms with E-state index in [9.17, 15) is 4.79 Å². The molecule has 0 aliphatic heterocycles. The summed E-state index contributed by atoms with van der Waals surface area (Å²) in [6.45, 7) is 5.92. The normalized spacial score (nSPS) is 15.6. The van der Waals surface area contributed by atoms with Gasteiger partial charge in [0.2, 0.25) is 0 Å². The third-order valence-corrected chi connectivity index (χ3v) is 2.10. The molecule has 16 heavy (non-hydrogen) atoms. The maximum Gasteiger partial charge on any atom is 0.323 e. The first-order valence-corrected chi connectivity index (χ1v) is 5.70. The van der Waals surface area contributed by atoms with E-state index in [4.69, 9.17) is 21.9 Å². The van der Waals surface area contributed by atoms with Gasteiger partial charge in [-0.25, -0.2) is 0 Å².